The average Bonchev–Trinajstić information content (AvgIpc) is 2.72. The van der Waals surface area contributed by atoms with Crippen molar-refractivity contribution >= 4 is 29.5 Å². The van der Waals surface area contributed by atoms with Crippen LogP contribution in [0.25, 0.3) is 0 Å². The quantitative estimate of drug-likeness (QED) is 0.609. The van der Waals surface area contributed by atoms with Gasteiger partial charge in [0.05, 0.1) is 12.7 Å². The second-order valence-corrected chi connectivity index (χ2v) is 5.82. The van der Waals surface area contributed by atoms with Crippen molar-refractivity contribution in [2.45, 2.75) is 13.0 Å². The minimum Gasteiger partial charge on any atom is -0.496 e. The second-order valence-electron chi connectivity index (χ2n) is 5.82. The highest BCUT2D eigenvalue weighted by molar-refractivity contribution is 6.03. The Morgan fingerprint density at radius 2 is 1.62 bits per heavy atom. The SMILES string of the molecule is COc1ccccc1C(=O)NCC(=O)OC(C)C(=O)NC(=O)Nc1ccccc1. The van der Waals surface area contributed by atoms with E-state index in [4.69, 9.17) is 9.47 Å². The molecule has 0 bridgehead atoms. The predicted octanol–water partition coefficient (Wildman–Crippen LogP) is 1.70. The lowest BCUT2D eigenvalue weighted by Gasteiger charge is -2.14. The Balaban J connectivity index is 1.78. The van der Waals surface area contributed by atoms with E-state index in [1.54, 1.807) is 54.6 Å². The van der Waals surface area contributed by atoms with Gasteiger partial charge < -0.3 is 20.1 Å². The number of ether oxygens (including phenoxy) is 2. The summed E-state index contributed by atoms with van der Waals surface area (Å²) in [5, 5.41) is 6.93. The lowest BCUT2D eigenvalue weighted by Crippen LogP contribution is -2.42. The fourth-order valence-corrected chi connectivity index (χ4v) is 2.27. The first-order valence-electron chi connectivity index (χ1n) is 8.68. The molecule has 29 heavy (non-hydrogen) atoms. The van der Waals surface area contributed by atoms with E-state index in [0.29, 0.717) is 11.4 Å². The van der Waals surface area contributed by atoms with Gasteiger partial charge in [0.15, 0.2) is 6.10 Å². The van der Waals surface area contributed by atoms with Crippen LogP contribution in [0.5, 0.6) is 5.75 Å². The maximum atomic E-state index is 12.1. The summed E-state index contributed by atoms with van der Waals surface area (Å²) < 4.78 is 10.0. The van der Waals surface area contributed by atoms with Crippen LogP contribution in [0.2, 0.25) is 0 Å². The number of nitrogens with one attached hydrogen (secondary N) is 3. The van der Waals surface area contributed by atoms with E-state index in [1.165, 1.54) is 14.0 Å². The molecule has 2 rings (SSSR count). The monoisotopic (exact) mass is 399 g/mol. The Morgan fingerprint density at radius 1 is 0.966 bits per heavy atom. The number of carbonyl (C=O) groups is 4. The molecule has 2 aromatic rings. The number of benzene rings is 2. The summed E-state index contributed by atoms with van der Waals surface area (Å²) in [6, 6.07) is 14.3. The normalized spacial score (nSPS) is 11.0. The van der Waals surface area contributed by atoms with Crippen molar-refractivity contribution in [3.63, 3.8) is 0 Å². The van der Waals surface area contributed by atoms with E-state index in [-0.39, 0.29) is 5.56 Å². The molecule has 0 heterocycles. The summed E-state index contributed by atoms with van der Waals surface area (Å²) in [5.41, 5.74) is 0.757. The van der Waals surface area contributed by atoms with Gasteiger partial charge in [-0.2, -0.15) is 0 Å². The van der Waals surface area contributed by atoms with Gasteiger partial charge in [-0.3, -0.25) is 19.7 Å². The topological polar surface area (TPSA) is 123 Å². The minimum absolute atomic E-state index is 0.256. The minimum atomic E-state index is -1.23. The number of esters is 1. The zero-order valence-electron chi connectivity index (χ0n) is 15.9. The molecular formula is C20H21N3O6. The Hall–Kier alpha value is -3.88. The Bertz CT molecular complexity index is 885. The third-order valence-electron chi connectivity index (χ3n) is 3.69. The van der Waals surface area contributed by atoms with Crippen molar-refractivity contribution in [2.75, 3.05) is 19.0 Å². The highest BCUT2D eigenvalue weighted by Gasteiger charge is 2.21. The average molecular weight is 399 g/mol. The molecule has 0 spiro atoms. The van der Waals surface area contributed by atoms with Crippen LogP contribution in [0.1, 0.15) is 17.3 Å². The van der Waals surface area contributed by atoms with Crippen LogP contribution in [-0.2, 0) is 14.3 Å². The molecule has 0 aliphatic rings. The molecule has 9 heteroatoms. The van der Waals surface area contributed by atoms with Crippen LogP contribution in [0.15, 0.2) is 54.6 Å². The molecular weight excluding hydrogens is 378 g/mol. The van der Waals surface area contributed by atoms with Gasteiger partial charge in [0.25, 0.3) is 11.8 Å². The van der Waals surface area contributed by atoms with Crippen molar-refractivity contribution in [2.24, 2.45) is 0 Å². The van der Waals surface area contributed by atoms with Crippen molar-refractivity contribution in [1.82, 2.24) is 10.6 Å². The lowest BCUT2D eigenvalue weighted by molar-refractivity contribution is -0.153. The standard InChI is InChI=1S/C20H21N3O6/c1-13(18(25)23-20(27)22-14-8-4-3-5-9-14)29-17(24)12-21-19(26)15-10-6-7-11-16(15)28-2/h3-11,13H,12H2,1-2H3,(H,21,26)(H2,22,23,25,27). The largest absolute Gasteiger partial charge is 0.496 e. The van der Waals surface area contributed by atoms with Gasteiger partial charge in [-0.1, -0.05) is 30.3 Å². The zero-order chi connectivity index (χ0) is 21.2. The van der Waals surface area contributed by atoms with Crippen molar-refractivity contribution in [3.05, 3.63) is 60.2 Å². The molecule has 2 aromatic carbocycles. The van der Waals surface area contributed by atoms with E-state index >= 15 is 0 Å². The molecule has 0 saturated carbocycles. The van der Waals surface area contributed by atoms with Crippen LogP contribution in [0.3, 0.4) is 0 Å². The third-order valence-corrected chi connectivity index (χ3v) is 3.69. The number of rotatable bonds is 7. The molecule has 1 unspecified atom stereocenters. The fourth-order valence-electron chi connectivity index (χ4n) is 2.27. The number of carbonyl (C=O) groups excluding carboxylic acids is 4. The Kier molecular flexibility index (Phi) is 7.72. The second kappa shape index (κ2) is 10.5. The van der Waals surface area contributed by atoms with Crippen molar-refractivity contribution in [1.29, 1.82) is 0 Å². The van der Waals surface area contributed by atoms with Gasteiger partial charge in [-0.25, -0.2) is 4.79 Å². The first kappa shape index (κ1) is 21.4. The zero-order valence-corrected chi connectivity index (χ0v) is 15.9. The van der Waals surface area contributed by atoms with Crippen LogP contribution >= 0.6 is 0 Å². The van der Waals surface area contributed by atoms with E-state index in [1.807, 2.05) is 0 Å². The molecule has 0 radical (unpaired) electrons. The molecule has 152 valence electrons. The Labute approximate surface area is 167 Å². The molecule has 1 atom stereocenters. The molecule has 0 aliphatic heterocycles. The summed E-state index contributed by atoms with van der Waals surface area (Å²) >= 11 is 0. The lowest BCUT2D eigenvalue weighted by atomic mass is 10.2. The maximum Gasteiger partial charge on any atom is 0.326 e. The molecule has 0 fully saturated rings. The van der Waals surface area contributed by atoms with Crippen LogP contribution < -0.4 is 20.7 Å². The van der Waals surface area contributed by atoms with Crippen molar-refractivity contribution in [3.8, 4) is 5.75 Å². The van der Waals surface area contributed by atoms with Gasteiger partial charge in [-0.05, 0) is 31.2 Å². The number of hydrogen-bond donors (Lipinski definition) is 3. The van der Waals surface area contributed by atoms with E-state index in [0.717, 1.165) is 0 Å². The summed E-state index contributed by atoms with van der Waals surface area (Å²) in [6.45, 7) is 0.857. The molecule has 9 nitrogen and oxygen atoms in total. The van der Waals surface area contributed by atoms with Crippen molar-refractivity contribution < 1.29 is 28.7 Å². The van der Waals surface area contributed by atoms with E-state index in [9.17, 15) is 19.2 Å². The van der Waals surface area contributed by atoms with Gasteiger partial charge in [0.2, 0.25) is 0 Å². The number of anilines is 1. The molecule has 4 amide bonds. The van der Waals surface area contributed by atoms with E-state index in [2.05, 4.69) is 16.0 Å². The maximum absolute atomic E-state index is 12.1. The molecule has 3 N–H and O–H groups in total. The summed E-state index contributed by atoms with van der Waals surface area (Å²) in [5.74, 6) is -1.81. The summed E-state index contributed by atoms with van der Waals surface area (Å²) in [6.07, 6.45) is -1.23. The summed E-state index contributed by atoms with van der Waals surface area (Å²) in [4.78, 5) is 47.8. The van der Waals surface area contributed by atoms with Crippen LogP contribution in [0, 0.1) is 0 Å². The van der Waals surface area contributed by atoms with Crippen LogP contribution in [0.4, 0.5) is 10.5 Å². The number of para-hydroxylation sites is 2. The third kappa shape index (κ3) is 6.65. The highest BCUT2D eigenvalue weighted by Crippen LogP contribution is 2.16. The van der Waals surface area contributed by atoms with Crippen LogP contribution in [-0.4, -0.2) is 43.6 Å². The number of methoxy groups -OCH3 is 1. The van der Waals surface area contributed by atoms with Gasteiger partial charge in [-0.15, -0.1) is 0 Å². The smallest absolute Gasteiger partial charge is 0.326 e. The van der Waals surface area contributed by atoms with E-state index < -0.39 is 36.5 Å². The molecule has 0 aromatic heterocycles. The highest BCUT2D eigenvalue weighted by atomic mass is 16.5. The van der Waals surface area contributed by atoms with Gasteiger partial charge in [0.1, 0.15) is 12.3 Å². The van der Waals surface area contributed by atoms with Gasteiger partial charge >= 0.3 is 12.0 Å². The predicted molar refractivity (Wildman–Crippen MR) is 104 cm³/mol. The number of imide groups is 1. The van der Waals surface area contributed by atoms with Gasteiger partial charge in [0, 0.05) is 5.69 Å². The summed E-state index contributed by atoms with van der Waals surface area (Å²) in [7, 11) is 1.43. The first-order chi connectivity index (χ1) is 13.9. The Morgan fingerprint density at radius 3 is 2.31 bits per heavy atom. The first-order valence-corrected chi connectivity index (χ1v) is 8.68. The fraction of sp³-hybridized carbons (Fsp3) is 0.200. The number of urea groups is 1. The number of hydrogen-bond acceptors (Lipinski definition) is 6. The number of amides is 4. The molecule has 0 saturated heterocycles. The molecule has 0 aliphatic carbocycles.